The summed E-state index contributed by atoms with van der Waals surface area (Å²) < 4.78 is 5.39. The first-order chi connectivity index (χ1) is 5.83. The minimum atomic E-state index is -0.209. The van der Waals surface area contributed by atoms with E-state index in [4.69, 9.17) is 9.84 Å². The van der Waals surface area contributed by atoms with Crippen LogP contribution in [0.1, 0.15) is 12.8 Å². The second kappa shape index (κ2) is 5.48. The van der Waals surface area contributed by atoms with Crippen LogP contribution in [-0.4, -0.2) is 48.7 Å². The molecule has 4 nitrogen and oxygen atoms in total. The Balaban J connectivity index is 2.06. The van der Waals surface area contributed by atoms with Crippen LogP contribution in [0.3, 0.4) is 0 Å². The SMILES string of the molecule is OCCNCC1CC(O)CCO1. The lowest BCUT2D eigenvalue weighted by atomic mass is 10.1. The fourth-order valence-corrected chi connectivity index (χ4v) is 1.34. The van der Waals surface area contributed by atoms with Crippen LogP contribution >= 0.6 is 0 Å². The molecule has 0 bridgehead atoms. The molecular weight excluding hydrogens is 158 g/mol. The van der Waals surface area contributed by atoms with E-state index >= 15 is 0 Å². The van der Waals surface area contributed by atoms with Crippen LogP contribution in [-0.2, 0) is 4.74 Å². The zero-order chi connectivity index (χ0) is 8.81. The van der Waals surface area contributed by atoms with Crippen LogP contribution in [0.25, 0.3) is 0 Å². The van der Waals surface area contributed by atoms with Gasteiger partial charge in [-0.25, -0.2) is 0 Å². The molecule has 72 valence electrons. The van der Waals surface area contributed by atoms with Crippen molar-refractivity contribution >= 4 is 0 Å². The Hall–Kier alpha value is -0.160. The van der Waals surface area contributed by atoms with Gasteiger partial charge in [0.2, 0.25) is 0 Å². The Morgan fingerprint density at radius 2 is 2.33 bits per heavy atom. The van der Waals surface area contributed by atoms with Gasteiger partial charge in [0.05, 0.1) is 18.8 Å². The molecule has 12 heavy (non-hydrogen) atoms. The predicted molar refractivity (Wildman–Crippen MR) is 44.9 cm³/mol. The quantitative estimate of drug-likeness (QED) is 0.485. The summed E-state index contributed by atoms with van der Waals surface area (Å²) in [4.78, 5) is 0. The van der Waals surface area contributed by atoms with E-state index in [1.54, 1.807) is 0 Å². The van der Waals surface area contributed by atoms with E-state index in [1.165, 1.54) is 0 Å². The van der Waals surface area contributed by atoms with Gasteiger partial charge in [0.1, 0.15) is 0 Å². The normalized spacial score (nSPS) is 30.5. The molecule has 0 amide bonds. The second-order valence-corrected chi connectivity index (χ2v) is 3.10. The number of hydrogen-bond acceptors (Lipinski definition) is 4. The van der Waals surface area contributed by atoms with Gasteiger partial charge in [0, 0.05) is 26.1 Å². The highest BCUT2D eigenvalue weighted by atomic mass is 16.5. The lowest BCUT2D eigenvalue weighted by molar-refractivity contribution is -0.0418. The maximum absolute atomic E-state index is 9.28. The van der Waals surface area contributed by atoms with Crippen molar-refractivity contribution in [2.45, 2.75) is 25.0 Å². The summed E-state index contributed by atoms with van der Waals surface area (Å²) >= 11 is 0. The molecule has 2 unspecified atom stereocenters. The maximum Gasteiger partial charge on any atom is 0.0724 e. The second-order valence-electron chi connectivity index (χ2n) is 3.10. The molecule has 1 saturated heterocycles. The van der Waals surface area contributed by atoms with Crippen LogP contribution in [0.2, 0.25) is 0 Å². The van der Waals surface area contributed by atoms with Gasteiger partial charge in [-0.2, -0.15) is 0 Å². The number of ether oxygens (including phenoxy) is 1. The van der Waals surface area contributed by atoms with Crippen molar-refractivity contribution in [1.29, 1.82) is 0 Å². The van der Waals surface area contributed by atoms with Gasteiger partial charge in [-0.1, -0.05) is 0 Å². The van der Waals surface area contributed by atoms with Gasteiger partial charge >= 0.3 is 0 Å². The van der Waals surface area contributed by atoms with E-state index in [0.717, 1.165) is 13.0 Å². The molecule has 0 aromatic carbocycles. The fraction of sp³-hybridized carbons (Fsp3) is 1.00. The highest BCUT2D eigenvalue weighted by Gasteiger charge is 2.19. The Morgan fingerprint density at radius 1 is 1.50 bits per heavy atom. The number of aliphatic hydroxyl groups is 2. The molecule has 1 fully saturated rings. The molecule has 1 heterocycles. The Labute approximate surface area is 72.5 Å². The summed E-state index contributed by atoms with van der Waals surface area (Å²) in [6, 6.07) is 0. The maximum atomic E-state index is 9.28. The topological polar surface area (TPSA) is 61.7 Å². The number of rotatable bonds is 4. The van der Waals surface area contributed by atoms with E-state index < -0.39 is 0 Å². The Kier molecular flexibility index (Phi) is 4.53. The molecule has 0 aromatic rings. The molecule has 1 aliphatic rings. The van der Waals surface area contributed by atoms with Crippen molar-refractivity contribution in [3.05, 3.63) is 0 Å². The van der Waals surface area contributed by atoms with Crippen molar-refractivity contribution in [1.82, 2.24) is 5.32 Å². The third-order valence-corrected chi connectivity index (χ3v) is 2.00. The smallest absolute Gasteiger partial charge is 0.0724 e. The van der Waals surface area contributed by atoms with Gasteiger partial charge in [0.15, 0.2) is 0 Å². The van der Waals surface area contributed by atoms with E-state index in [2.05, 4.69) is 5.32 Å². The van der Waals surface area contributed by atoms with Gasteiger partial charge in [-0.3, -0.25) is 0 Å². The van der Waals surface area contributed by atoms with Crippen molar-refractivity contribution in [3.63, 3.8) is 0 Å². The summed E-state index contributed by atoms with van der Waals surface area (Å²) in [5.74, 6) is 0. The summed E-state index contributed by atoms with van der Waals surface area (Å²) in [6.45, 7) is 2.11. The molecule has 2 atom stereocenters. The van der Waals surface area contributed by atoms with E-state index in [9.17, 15) is 5.11 Å². The fourth-order valence-electron chi connectivity index (χ4n) is 1.34. The van der Waals surface area contributed by atoms with Crippen LogP contribution in [0.4, 0.5) is 0 Å². The molecule has 3 N–H and O–H groups in total. The molecule has 1 aliphatic heterocycles. The molecule has 0 aromatic heterocycles. The first kappa shape index (κ1) is 9.92. The van der Waals surface area contributed by atoms with Gasteiger partial charge in [0.25, 0.3) is 0 Å². The first-order valence-electron chi connectivity index (χ1n) is 4.44. The van der Waals surface area contributed by atoms with E-state index in [-0.39, 0.29) is 18.8 Å². The molecule has 4 heteroatoms. The minimum absolute atomic E-state index is 0.111. The minimum Gasteiger partial charge on any atom is -0.395 e. The lowest BCUT2D eigenvalue weighted by Crippen LogP contribution is -2.37. The van der Waals surface area contributed by atoms with E-state index in [0.29, 0.717) is 19.6 Å². The van der Waals surface area contributed by atoms with Crippen molar-refractivity contribution < 1.29 is 14.9 Å². The molecule has 0 radical (unpaired) electrons. The average molecular weight is 175 g/mol. The largest absolute Gasteiger partial charge is 0.395 e. The summed E-state index contributed by atoms with van der Waals surface area (Å²) in [6.07, 6.45) is 1.36. The monoisotopic (exact) mass is 175 g/mol. The third kappa shape index (κ3) is 3.49. The van der Waals surface area contributed by atoms with Crippen molar-refractivity contribution in [2.75, 3.05) is 26.3 Å². The van der Waals surface area contributed by atoms with Gasteiger partial charge < -0.3 is 20.3 Å². The highest BCUT2D eigenvalue weighted by Crippen LogP contribution is 2.12. The molecule has 0 spiro atoms. The third-order valence-electron chi connectivity index (χ3n) is 2.00. The van der Waals surface area contributed by atoms with Crippen LogP contribution in [0, 0.1) is 0 Å². The number of nitrogens with one attached hydrogen (secondary N) is 1. The average Bonchev–Trinajstić information content (AvgIpc) is 2.05. The van der Waals surface area contributed by atoms with E-state index in [1.807, 2.05) is 0 Å². The van der Waals surface area contributed by atoms with Crippen molar-refractivity contribution in [2.24, 2.45) is 0 Å². The lowest BCUT2D eigenvalue weighted by Gasteiger charge is -2.26. The number of aliphatic hydroxyl groups excluding tert-OH is 2. The molecule has 0 aliphatic carbocycles. The molecular formula is C8H17NO3. The standard InChI is InChI=1S/C8H17NO3/c10-3-2-9-6-8-5-7(11)1-4-12-8/h7-11H,1-6H2. The zero-order valence-electron chi connectivity index (χ0n) is 7.20. The summed E-state index contributed by atoms with van der Waals surface area (Å²) in [5.41, 5.74) is 0. The summed E-state index contributed by atoms with van der Waals surface area (Å²) in [5, 5.41) is 20.8. The van der Waals surface area contributed by atoms with Crippen LogP contribution in [0.5, 0.6) is 0 Å². The number of hydrogen-bond donors (Lipinski definition) is 3. The first-order valence-corrected chi connectivity index (χ1v) is 4.44. The van der Waals surface area contributed by atoms with Gasteiger partial charge in [-0.15, -0.1) is 0 Å². The predicted octanol–water partition coefficient (Wildman–Crippen LogP) is -0.892. The van der Waals surface area contributed by atoms with Gasteiger partial charge in [-0.05, 0) is 6.42 Å². The highest BCUT2D eigenvalue weighted by molar-refractivity contribution is 4.72. The Bertz CT molecular complexity index is 121. The van der Waals surface area contributed by atoms with Crippen LogP contribution in [0.15, 0.2) is 0 Å². The summed E-state index contributed by atoms with van der Waals surface area (Å²) in [7, 11) is 0. The Morgan fingerprint density at radius 3 is 3.00 bits per heavy atom. The zero-order valence-corrected chi connectivity index (χ0v) is 7.20. The van der Waals surface area contributed by atoms with Crippen LogP contribution < -0.4 is 5.32 Å². The molecule has 0 saturated carbocycles. The molecule has 1 rings (SSSR count). The van der Waals surface area contributed by atoms with Crippen molar-refractivity contribution in [3.8, 4) is 0 Å².